The first-order chi connectivity index (χ1) is 14.3. The molecule has 166 valence electrons. The molecule has 5 rings (SSSR count). The summed E-state index contributed by atoms with van der Waals surface area (Å²) in [6, 6.07) is 0. The zero-order valence-corrected chi connectivity index (χ0v) is 17.7. The average Bonchev–Trinajstić information content (AvgIpc) is 3.34. The average molecular weight is 422 g/mol. The van der Waals surface area contributed by atoms with E-state index in [2.05, 4.69) is 22.1 Å². The van der Waals surface area contributed by atoms with Crippen LogP contribution >= 0.6 is 0 Å². The van der Waals surface area contributed by atoms with Gasteiger partial charge in [-0.15, -0.1) is 10.2 Å². The number of aromatic nitrogens is 3. The third-order valence-corrected chi connectivity index (χ3v) is 9.65. The number of ketones is 1. The number of aliphatic hydroxyl groups is 1. The van der Waals surface area contributed by atoms with Gasteiger partial charge in [0.25, 0.3) is 6.43 Å². The van der Waals surface area contributed by atoms with Crippen molar-refractivity contribution in [2.75, 3.05) is 0 Å². The van der Waals surface area contributed by atoms with Crippen LogP contribution in [0.25, 0.3) is 0 Å². The molecule has 0 aromatic carbocycles. The maximum absolute atomic E-state index is 13.4. The highest BCUT2D eigenvalue weighted by molar-refractivity contribution is 5.83. The number of aromatic amines is 1. The molecule has 5 nitrogen and oxygen atoms in total. The van der Waals surface area contributed by atoms with Crippen molar-refractivity contribution in [2.45, 2.75) is 83.2 Å². The summed E-state index contributed by atoms with van der Waals surface area (Å²) in [5.74, 6) is 3.44. The fourth-order valence-corrected chi connectivity index (χ4v) is 8.24. The zero-order valence-electron chi connectivity index (χ0n) is 17.7. The van der Waals surface area contributed by atoms with E-state index in [4.69, 9.17) is 0 Å². The summed E-state index contributed by atoms with van der Waals surface area (Å²) < 4.78 is 26.8. The molecule has 0 unspecified atom stereocenters. The van der Waals surface area contributed by atoms with E-state index in [0.29, 0.717) is 35.9 Å². The second-order valence-electron chi connectivity index (χ2n) is 10.8. The van der Waals surface area contributed by atoms with Gasteiger partial charge in [0.15, 0.2) is 0 Å². The number of alkyl halides is 2. The molecule has 0 amide bonds. The topological polar surface area (TPSA) is 78.9 Å². The predicted molar refractivity (Wildman–Crippen MR) is 107 cm³/mol. The van der Waals surface area contributed by atoms with E-state index < -0.39 is 12.0 Å². The van der Waals surface area contributed by atoms with E-state index in [0.717, 1.165) is 44.9 Å². The molecule has 0 aliphatic heterocycles. The quantitative estimate of drug-likeness (QED) is 0.764. The van der Waals surface area contributed by atoms with Crippen molar-refractivity contribution in [1.29, 1.82) is 0 Å². The summed E-state index contributed by atoms with van der Waals surface area (Å²) >= 11 is 0. The number of hydrogen-bond acceptors (Lipinski definition) is 4. The second kappa shape index (κ2) is 7.35. The van der Waals surface area contributed by atoms with Gasteiger partial charge in [0.05, 0.1) is 6.42 Å². The molecule has 1 heterocycles. The molecule has 0 bridgehead atoms. The molecule has 1 aromatic rings. The van der Waals surface area contributed by atoms with E-state index in [1.54, 1.807) is 0 Å². The van der Waals surface area contributed by atoms with Gasteiger partial charge in [-0.25, -0.2) is 8.78 Å². The number of nitrogens with one attached hydrogen (secondary N) is 1. The molecule has 2 N–H and O–H groups in total. The van der Waals surface area contributed by atoms with Gasteiger partial charge in [0.2, 0.25) is 0 Å². The van der Waals surface area contributed by atoms with Crippen molar-refractivity contribution >= 4 is 5.78 Å². The van der Waals surface area contributed by atoms with E-state index in [1.165, 1.54) is 6.33 Å². The Hall–Kier alpha value is -1.37. The number of H-pyrrole nitrogens is 1. The number of carbonyl (C=O) groups is 1. The van der Waals surface area contributed by atoms with Crippen LogP contribution in [-0.4, -0.2) is 38.1 Å². The molecule has 4 aliphatic carbocycles. The molecule has 4 aliphatic rings. The lowest BCUT2D eigenvalue weighted by molar-refractivity contribution is -0.160. The summed E-state index contributed by atoms with van der Waals surface area (Å²) in [5, 5.41) is 18.2. The number of carbonyl (C=O) groups excluding carboxylic acids is 1. The number of hydrogen-bond donors (Lipinski definition) is 2. The van der Waals surface area contributed by atoms with Crippen LogP contribution in [-0.2, 0) is 11.2 Å². The SMILES string of the molecule is C[C@]12CC[C@H]3[C@@H](CC[C@H]4C[C@@](O)(C(F)F)CC[C@@H]43)[C@@H]1CC[C@@H]2C(=O)Cc1nnc[nH]1. The number of halogens is 2. The minimum absolute atomic E-state index is 0.0451. The minimum atomic E-state index is -2.64. The lowest BCUT2D eigenvalue weighted by Crippen LogP contribution is -2.53. The van der Waals surface area contributed by atoms with Crippen LogP contribution in [0.2, 0.25) is 0 Å². The van der Waals surface area contributed by atoms with Crippen LogP contribution in [0.1, 0.15) is 70.5 Å². The maximum Gasteiger partial charge on any atom is 0.266 e. The third kappa shape index (κ3) is 3.14. The molecule has 0 saturated heterocycles. The lowest BCUT2D eigenvalue weighted by Gasteiger charge is -2.57. The van der Waals surface area contributed by atoms with Crippen LogP contribution < -0.4 is 0 Å². The van der Waals surface area contributed by atoms with Crippen LogP contribution in [0.15, 0.2) is 6.33 Å². The molecule has 0 radical (unpaired) electrons. The third-order valence-electron chi connectivity index (χ3n) is 9.65. The first-order valence-corrected chi connectivity index (χ1v) is 11.7. The molecule has 7 heteroatoms. The molecular weight excluding hydrogens is 388 g/mol. The molecule has 4 fully saturated rings. The molecule has 1 aromatic heterocycles. The van der Waals surface area contributed by atoms with Crippen molar-refractivity contribution in [3.8, 4) is 0 Å². The molecule has 0 spiro atoms. The van der Waals surface area contributed by atoms with Gasteiger partial charge in [0, 0.05) is 5.92 Å². The standard InChI is InChI=1S/C23H33F2N3O2/c1-22-8-6-15-14-7-9-23(30,21(24)25)11-13(14)2-3-16(15)17(22)4-5-18(22)19(29)10-20-26-12-27-28-20/h12-18,21,30H,2-11H2,1H3,(H,26,27,28)/t13-,14-,15+,16+,17-,18+,22-,23+/m0/s1. The number of nitrogens with zero attached hydrogens (tertiary/aromatic N) is 2. The summed E-state index contributed by atoms with van der Waals surface area (Å²) in [6.07, 6.45) is 6.64. The number of Topliss-reactive ketones (excluding diaryl/α,β-unsaturated/α-hetero) is 1. The van der Waals surface area contributed by atoms with E-state index in [-0.39, 0.29) is 35.9 Å². The largest absolute Gasteiger partial charge is 0.384 e. The molecule has 4 saturated carbocycles. The Labute approximate surface area is 176 Å². The van der Waals surface area contributed by atoms with Gasteiger partial charge in [0.1, 0.15) is 23.5 Å². The summed E-state index contributed by atoms with van der Waals surface area (Å²) in [5.41, 5.74) is -1.73. The Morgan fingerprint density at radius 1 is 1.17 bits per heavy atom. The smallest absolute Gasteiger partial charge is 0.266 e. The Balaban J connectivity index is 1.30. The Morgan fingerprint density at radius 2 is 1.97 bits per heavy atom. The summed E-state index contributed by atoms with van der Waals surface area (Å²) in [6.45, 7) is 2.33. The Morgan fingerprint density at radius 3 is 2.70 bits per heavy atom. The normalized spacial score (nSPS) is 45.6. The van der Waals surface area contributed by atoms with Gasteiger partial charge in [-0.3, -0.25) is 4.79 Å². The van der Waals surface area contributed by atoms with Gasteiger partial charge >= 0.3 is 0 Å². The first kappa shape index (κ1) is 20.5. The molecular formula is C23H33F2N3O2. The minimum Gasteiger partial charge on any atom is -0.384 e. The zero-order chi connectivity index (χ0) is 21.1. The van der Waals surface area contributed by atoms with Crippen molar-refractivity contribution in [1.82, 2.24) is 15.2 Å². The van der Waals surface area contributed by atoms with Crippen molar-refractivity contribution in [2.24, 2.45) is 40.9 Å². The number of rotatable bonds is 4. The van der Waals surface area contributed by atoms with Crippen LogP contribution in [0, 0.1) is 40.9 Å². The highest BCUT2D eigenvalue weighted by Gasteiger charge is 2.59. The van der Waals surface area contributed by atoms with Gasteiger partial charge in [-0.2, -0.15) is 0 Å². The van der Waals surface area contributed by atoms with Crippen molar-refractivity contribution in [3.63, 3.8) is 0 Å². The molecule has 30 heavy (non-hydrogen) atoms. The van der Waals surface area contributed by atoms with Gasteiger partial charge in [-0.05, 0) is 92.8 Å². The van der Waals surface area contributed by atoms with E-state index >= 15 is 0 Å². The predicted octanol–water partition coefficient (Wildman–Crippen LogP) is 4.18. The Bertz CT molecular complexity index is 787. The fraction of sp³-hybridized carbons (Fsp3) is 0.870. The van der Waals surface area contributed by atoms with Crippen LogP contribution in [0.4, 0.5) is 8.78 Å². The number of fused-ring (bicyclic) bond motifs is 5. The van der Waals surface area contributed by atoms with Crippen LogP contribution in [0.5, 0.6) is 0 Å². The Kier molecular flexibility index (Phi) is 5.03. The van der Waals surface area contributed by atoms with Crippen LogP contribution in [0.3, 0.4) is 0 Å². The lowest BCUT2D eigenvalue weighted by atomic mass is 9.49. The van der Waals surface area contributed by atoms with Crippen molar-refractivity contribution < 1.29 is 18.7 Å². The highest BCUT2D eigenvalue weighted by atomic mass is 19.3. The van der Waals surface area contributed by atoms with E-state index in [1.807, 2.05) is 0 Å². The van der Waals surface area contributed by atoms with Crippen molar-refractivity contribution in [3.05, 3.63) is 12.2 Å². The summed E-state index contributed by atoms with van der Waals surface area (Å²) in [4.78, 5) is 16.1. The van der Waals surface area contributed by atoms with E-state index in [9.17, 15) is 18.7 Å². The maximum atomic E-state index is 13.4. The molecule has 8 atom stereocenters. The summed E-state index contributed by atoms with van der Waals surface area (Å²) in [7, 11) is 0. The first-order valence-electron chi connectivity index (χ1n) is 11.7. The van der Waals surface area contributed by atoms with Gasteiger partial charge in [-0.1, -0.05) is 6.92 Å². The monoisotopic (exact) mass is 421 g/mol. The fourth-order valence-electron chi connectivity index (χ4n) is 8.24. The second-order valence-corrected chi connectivity index (χ2v) is 10.8. The highest BCUT2D eigenvalue weighted by Crippen LogP contribution is 2.65. The van der Waals surface area contributed by atoms with Gasteiger partial charge < -0.3 is 10.1 Å².